The molecular weight excluding hydrogens is 509 g/mol. The smallest absolute Gasteiger partial charge is 0.183 e. The molecule has 2 radical (unpaired) electrons. The largest absolute Gasteiger partial charge is 0.491 e. The molecular formula is C30H42O4Si3. The number of rotatable bonds is 14. The third-order valence-corrected chi connectivity index (χ3v) is 10.0. The zero-order valence-corrected chi connectivity index (χ0v) is 26.3. The lowest BCUT2D eigenvalue weighted by atomic mass is 10.0. The van der Waals surface area contributed by atoms with Gasteiger partial charge >= 0.3 is 0 Å². The summed E-state index contributed by atoms with van der Waals surface area (Å²) in [6, 6.07) is 19.7. The molecule has 4 rings (SSSR count). The molecule has 2 unspecified atom stereocenters. The lowest BCUT2D eigenvalue weighted by Gasteiger charge is -2.17. The second kappa shape index (κ2) is 12.3. The first-order valence-corrected chi connectivity index (χ1v) is 21.7. The van der Waals surface area contributed by atoms with Gasteiger partial charge in [0, 0.05) is 32.5 Å². The first kappa shape index (κ1) is 28.1. The fourth-order valence-electron chi connectivity index (χ4n) is 4.80. The molecule has 4 nitrogen and oxygen atoms in total. The van der Waals surface area contributed by atoms with E-state index < -0.39 is 16.6 Å². The van der Waals surface area contributed by atoms with Crippen molar-refractivity contribution in [2.45, 2.75) is 63.2 Å². The highest BCUT2D eigenvalue weighted by Crippen LogP contribution is 2.41. The molecule has 2 aliphatic carbocycles. The van der Waals surface area contributed by atoms with Crippen LogP contribution in [0.1, 0.15) is 34.1 Å². The van der Waals surface area contributed by atoms with Crippen LogP contribution in [0, 0.1) is 0 Å². The van der Waals surface area contributed by atoms with Crippen LogP contribution in [0.15, 0.2) is 60.7 Å². The summed E-state index contributed by atoms with van der Waals surface area (Å²) in [5.74, 6) is 2.87. The molecule has 0 saturated heterocycles. The highest BCUT2D eigenvalue weighted by molar-refractivity contribution is 6.70. The summed E-state index contributed by atoms with van der Waals surface area (Å²) in [7, 11) is -2.17. The van der Waals surface area contributed by atoms with Gasteiger partial charge in [0.05, 0.1) is 13.2 Å². The van der Waals surface area contributed by atoms with Gasteiger partial charge in [-0.2, -0.15) is 0 Å². The van der Waals surface area contributed by atoms with Crippen molar-refractivity contribution < 1.29 is 18.3 Å². The van der Waals surface area contributed by atoms with Crippen molar-refractivity contribution in [3.05, 3.63) is 82.9 Å². The van der Waals surface area contributed by atoms with Crippen molar-refractivity contribution >= 4 is 37.7 Å². The molecule has 0 bridgehead atoms. The van der Waals surface area contributed by atoms with Crippen molar-refractivity contribution in [1.82, 2.24) is 0 Å². The fourth-order valence-corrected chi connectivity index (χ4v) is 7.65. The number of hydrogen-bond donors (Lipinski definition) is 0. The molecule has 0 fully saturated rings. The predicted molar refractivity (Wildman–Crippen MR) is 160 cm³/mol. The Morgan fingerprint density at radius 3 is 1.41 bits per heavy atom. The minimum Gasteiger partial charge on any atom is -0.491 e. The SMILES string of the molecule is C[Si](C)(C)OCCOC1=CC(C[Si]CC2C=C(OCCO[Si](C)(C)C)c3ccccc32)c2ccccc21. The quantitative estimate of drug-likeness (QED) is 0.180. The van der Waals surface area contributed by atoms with Crippen LogP contribution in [-0.2, 0) is 18.3 Å². The molecule has 198 valence electrons. The Kier molecular flexibility index (Phi) is 9.34. The van der Waals surface area contributed by atoms with Crippen molar-refractivity contribution in [2.24, 2.45) is 0 Å². The van der Waals surface area contributed by atoms with E-state index in [1.54, 1.807) is 0 Å². The Hall–Kier alpha value is -1.91. The lowest BCUT2D eigenvalue weighted by molar-refractivity contribution is 0.191. The van der Waals surface area contributed by atoms with Crippen LogP contribution < -0.4 is 0 Å². The molecule has 2 atom stereocenters. The summed E-state index contributed by atoms with van der Waals surface area (Å²) in [5, 5.41) is 0. The van der Waals surface area contributed by atoms with Crippen molar-refractivity contribution in [1.29, 1.82) is 0 Å². The van der Waals surface area contributed by atoms with Gasteiger partial charge in [-0.3, -0.25) is 0 Å². The summed E-state index contributed by atoms with van der Waals surface area (Å²) in [4.78, 5) is 0. The third-order valence-electron chi connectivity index (χ3n) is 6.44. The van der Waals surface area contributed by atoms with E-state index in [1.165, 1.54) is 22.3 Å². The summed E-state index contributed by atoms with van der Waals surface area (Å²) in [5.41, 5.74) is 5.27. The van der Waals surface area contributed by atoms with Gasteiger partial charge in [-0.25, -0.2) is 0 Å². The van der Waals surface area contributed by atoms with Crippen LogP contribution in [-0.4, -0.2) is 52.6 Å². The molecule has 0 aromatic heterocycles. The van der Waals surface area contributed by atoms with Crippen molar-refractivity contribution in [3.8, 4) is 0 Å². The molecule has 7 heteroatoms. The molecule has 0 heterocycles. The maximum atomic E-state index is 6.19. The van der Waals surface area contributed by atoms with E-state index in [9.17, 15) is 0 Å². The molecule has 0 spiro atoms. The molecule has 0 saturated carbocycles. The average Bonchev–Trinajstić information content (AvgIpc) is 3.37. The summed E-state index contributed by atoms with van der Waals surface area (Å²) in [6.07, 6.45) is 4.66. The number of ether oxygens (including phenoxy) is 2. The van der Waals surface area contributed by atoms with Crippen molar-refractivity contribution in [3.63, 3.8) is 0 Å². The topological polar surface area (TPSA) is 36.9 Å². The predicted octanol–water partition coefficient (Wildman–Crippen LogP) is 7.54. The molecule has 0 N–H and O–H groups in total. The van der Waals surface area contributed by atoms with E-state index in [1.807, 2.05) is 0 Å². The fraction of sp³-hybridized carbons (Fsp3) is 0.467. The standard InChI is InChI=1S/C30H42O4Si3/c1-36(2,3)33-17-15-31-29-19-23(25-11-7-9-13-27(25)29)21-35-22-24-20-30(28-14-10-8-12-26(24)28)32-16-18-34-37(4,5)6/h7-14,19-20,23-24H,15-18,21-22H2,1-6H3. The van der Waals surface area contributed by atoms with E-state index in [0.717, 1.165) is 33.1 Å². The summed E-state index contributed by atoms with van der Waals surface area (Å²) >= 11 is 0. The Labute approximate surface area is 228 Å². The second-order valence-electron chi connectivity index (χ2n) is 11.7. The maximum absolute atomic E-state index is 6.19. The highest BCUT2D eigenvalue weighted by Gasteiger charge is 2.27. The summed E-state index contributed by atoms with van der Waals surface area (Å²) < 4.78 is 24.3. The molecule has 0 amide bonds. The minimum atomic E-state index is -1.51. The van der Waals surface area contributed by atoms with Crippen LogP contribution in [0.25, 0.3) is 11.5 Å². The zero-order chi connectivity index (χ0) is 26.5. The highest BCUT2D eigenvalue weighted by atomic mass is 28.4. The molecule has 0 aliphatic heterocycles. The monoisotopic (exact) mass is 550 g/mol. The Morgan fingerprint density at radius 2 is 1.00 bits per heavy atom. The number of allylic oxidation sites excluding steroid dienone is 2. The van der Waals surface area contributed by atoms with Gasteiger partial charge < -0.3 is 18.3 Å². The molecule has 2 aliphatic rings. The van der Waals surface area contributed by atoms with Crippen LogP contribution >= 0.6 is 0 Å². The van der Waals surface area contributed by atoms with Gasteiger partial charge in [0.2, 0.25) is 0 Å². The number of hydrogen-bond acceptors (Lipinski definition) is 4. The second-order valence-corrected chi connectivity index (χ2v) is 22.1. The van der Waals surface area contributed by atoms with Gasteiger partial charge in [-0.15, -0.1) is 0 Å². The molecule has 2 aromatic carbocycles. The van der Waals surface area contributed by atoms with E-state index in [0.29, 0.717) is 38.3 Å². The van der Waals surface area contributed by atoms with E-state index in [-0.39, 0.29) is 0 Å². The van der Waals surface area contributed by atoms with E-state index >= 15 is 0 Å². The lowest BCUT2D eigenvalue weighted by Crippen LogP contribution is -2.27. The summed E-state index contributed by atoms with van der Waals surface area (Å²) in [6.45, 7) is 15.8. The van der Waals surface area contributed by atoms with Crippen LogP contribution in [0.2, 0.25) is 51.4 Å². The third kappa shape index (κ3) is 8.04. The van der Waals surface area contributed by atoms with Crippen molar-refractivity contribution in [2.75, 3.05) is 26.4 Å². The number of benzene rings is 2. The van der Waals surface area contributed by atoms with E-state index in [4.69, 9.17) is 18.3 Å². The van der Waals surface area contributed by atoms with Crippen LogP contribution in [0.5, 0.6) is 0 Å². The Balaban J connectivity index is 1.33. The van der Waals surface area contributed by atoms with Gasteiger partial charge in [-0.1, -0.05) is 60.6 Å². The van der Waals surface area contributed by atoms with E-state index in [2.05, 4.69) is 100.0 Å². The number of fused-ring (bicyclic) bond motifs is 2. The normalized spacial score (nSPS) is 18.8. The minimum absolute atomic E-state index is 0.414. The Bertz CT molecular complexity index is 1030. The zero-order valence-electron chi connectivity index (χ0n) is 23.3. The van der Waals surface area contributed by atoms with Gasteiger partial charge in [0.15, 0.2) is 16.6 Å². The van der Waals surface area contributed by atoms with Gasteiger partial charge in [0.25, 0.3) is 0 Å². The maximum Gasteiger partial charge on any atom is 0.183 e. The molecule has 37 heavy (non-hydrogen) atoms. The van der Waals surface area contributed by atoms with Crippen LogP contribution in [0.3, 0.4) is 0 Å². The van der Waals surface area contributed by atoms with Gasteiger partial charge in [-0.05, 0) is 62.6 Å². The van der Waals surface area contributed by atoms with Crippen LogP contribution in [0.4, 0.5) is 0 Å². The first-order chi connectivity index (χ1) is 17.6. The van der Waals surface area contributed by atoms with Gasteiger partial charge in [0.1, 0.15) is 24.7 Å². The average molecular weight is 551 g/mol. The Morgan fingerprint density at radius 1 is 0.595 bits per heavy atom. The first-order valence-electron chi connectivity index (χ1n) is 13.5. The molecule has 2 aromatic rings.